The van der Waals surface area contributed by atoms with Crippen molar-refractivity contribution < 1.29 is 35.1 Å². The van der Waals surface area contributed by atoms with Crippen LogP contribution in [0.1, 0.15) is 6.92 Å². The minimum atomic E-state index is -4.78. The molecule has 2 rings (SSSR count). The highest BCUT2D eigenvalue weighted by molar-refractivity contribution is 7.92. The summed E-state index contributed by atoms with van der Waals surface area (Å²) < 4.78 is 80.2. The highest BCUT2D eigenvalue weighted by atomic mass is 32.2. The molecular weight excluding hydrogens is 418 g/mol. The summed E-state index contributed by atoms with van der Waals surface area (Å²) >= 11 is 0. The van der Waals surface area contributed by atoms with E-state index < -0.39 is 36.4 Å². The topological polar surface area (TPSA) is 119 Å². The number of sulfonamides is 1. The van der Waals surface area contributed by atoms with Crippen molar-refractivity contribution in [2.45, 2.75) is 22.5 Å². The molecule has 1 amide bonds. The summed E-state index contributed by atoms with van der Waals surface area (Å²) in [5, 5.41) is 2.44. The van der Waals surface area contributed by atoms with E-state index in [1.807, 2.05) is 0 Å². The van der Waals surface area contributed by atoms with Gasteiger partial charge >= 0.3 is 5.76 Å². The third-order valence-corrected chi connectivity index (χ3v) is 6.24. The van der Waals surface area contributed by atoms with Crippen LogP contribution in [0.3, 0.4) is 0 Å². The molecule has 28 heavy (non-hydrogen) atoms. The van der Waals surface area contributed by atoms with Gasteiger partial charge in [-0.05, 0) is 42.5 Å². The van der Waals surface area contributed by atoms with E-state index >= 15 is 0 Å². The molecule has 2 aromatic carbocycles. The molecule has 0 spiro atoms. The quantitative estimate of drug-likeness (QED) is 0.691. The normalized spacial score (nSPS) is 11.9. The summed E-state index contributed by atoms with van der Waals surface area (Å²) in [6, 6.07) is 7.60. The SMILES string of the molecule is COc1ccc(S(=O)(=O)Nc2ccc(S(=O)(=O)C(F)F)cc2)cc1NC(C)=O. The van der Waals surface area contributed by atoms with E-state index in [4.69, 9.17) is 4.74 Å². The summed E-state index contributed by atoms with van der Waals surface area (Å²) in [7, 11) is -7.55. The first-order chi connectivity index (χ1) is 13.0. The van der Waals surface area contributed by atoms with E-state index in [1.165, 1.54) is 32.2 Å². The van der Waals surface area contributed by atoms with Crippen LogP contribution in [0, 0.1) is 0 Å². The van der Waals surface area contributed by atoms with Gasteiger partial charge in [0.25, 0.3) is 10.0 Å². The maximum atomic E-state index is 12.5. The smallest absolute Gasteiger partial charge is 0.341 e. The molecule has 0 radical (unpaired) electrons. The van der Waals surface area contributed by atoms with Gasteiger partial charge in [0.2, 0.25) is 15.7 Å². The van der Waals surface area contributed by atoms with Gasteiger partial charge in [-0.2, -0.15) is 8.78 Å². The van der Waals surface area contributed by atoms with Crippen molar-refractivity contribution in [3.05, 3.63) is 42.5 Å². The number of hydrogen-bond acceptors (Lipinski definition) is 6. The van der Waals surface area contributed by atoms with E-state index in [-0.39, 0.29) is 22.0 Å². The van der Waals surface area contributed by atoms with E-state index in [0.717, 1.165) is 24.3 Å². The van der Waals surface area contributed by atoms with Crippen LogP contribution < -0.4 is 14.8 Å². The average molecular weight is 434 g/mol. The van der Waals surface area contributed by atoms with Gasteiger partial charge in [0.1, 0.15) is 5.75 Å². The number of amides is 1. The fraction of sp³-hybridized carbons (Fsp3) is 0.188. The zero-order chi connectivity index (χ0) is 21.1. The first-order valence-corrected chi connectivity index (χ1v) is 10.6. The number of nitrogens with one attached hydrogen (secondary N) is 2. The lowest BCUT2D eigenvalue weighted by molar-refractivity contribution is -0.114. The lowest BCUT2D eigenvalue weighted by Crippen LogP contribution is -2.15. The van der Waals surface area contributed by atoms with Gasteiger partial charge in [0.05, 0.1) is 22.6 Å². The molecular formula is C16H16F2N2O6S2. The second-order valence-corrected chi connectivity index (χ2v) is 9.08. The van der Waals surface area contributed by atoms with Crippen molar-refractivity contribution in [1.82, 2.24) is 0 Å². The number of ether oxygens (including phenoxy) is 1. The van der Waals surface area contributed by atoms with Gasteiger partial charge in [-0.1, -0.05) is 0 Å². The van der Waals surface area contributed by atoms with Crippen LogP contribution in [0.15, 0.2) is 52.3 Å². The molecule has 8 nitrogen and oxygen atoms in total. The van der Waals surface area contributed by atoms with Crippen molar-refractivity contribution in [3.63, 3.8) is 0 Å². The zero-order valence-electron chi connectivity index (χ0n) is 14.6. The predicted octanol–water partition coefficient (Wildman–Crippen LogP) is 2.45. The van der Waals surface area contributed by atoms with Crippen molar-refractivity contribution >= 4 is 37.1 Å². The summed E-state index contributed by atoms with van der Waals surface area (Å²) in [5.74, 6) is -3.77. The molecule has 0 bridgehead atoms. The van der Waals surface area contributed by atoms with E-state index in [1.54, 1.807) is 0 Å². The zero-order valence-corrected chi connectivity index (χ0v) is 16.3. The Hall–Kier alpha value is -2.73. The van der Waals surface area contributed by atoms with Crippen molar-refractivity contribution in [3.8, 4) is 5.75 Å². The Morgan fingerprint density at radius 1 is 1.00 bits per heavy atom. The maximum Gasteiger partial charge on any atom is 0.341 e. The van der Waals surface area contributed by atoms with E-state index in [2.05, 4.69) is 10.0 Å². The first-order valence-electron chi connectivity index (χ1n) is 7.58. The summed E-state index contributed by atoms with van der Waals surface area (Å²) in [5.41, 5.74) is 0.0985. The van der Waals surface area contributed by atoms with Crippen LogP contribution in [0.4, 0.5) is 20.2 Å². The summed E-state index contributed by atoms with van der Waals surface area (Å²) in [6.45, 7) is 1.24. The maximum absolute atomic E-state index is 12.5. The molecule has 0 aliphatic heterocycles. The minimum absolute atomic E-state index is 0.0369. The van der Waals surface area contributed by atoms with Gasteiger partial charge in [-0.3, -0.25) is 9.52 Å². The Kier molecular flexibility index (Phi) is 6.24. The van der Waals surface area contributed by atoms with Crippen LogP contribution in [-0.2, 0) is 24.7 Å². The number of carbonyl (C=O) groups excluding carboxylic acids is 1. The third kappa shape index (κ3) is 4.75. The van der Waals surface area contributed by atoms with Crippen LogP contribution in [0.5, 0.6) is 5.75 Å². The fourth-order valence-electron chi connectivity index (χ4n) is 2.17. The number of halogens is 2. The standard InChI is InChI=1S/C16H16F2N2O6S2/c1-10(21)19-14-9-13(7-8-15(14)26-2)28(24,25)20-11-3-5-12(6-4-11)27(22,23)16(17)18/h3-9,16,20H,1-2H3,(H,19,21). The molecule has 0 atom stereocenters. The fourth-order valence-corrected chi connectivity index (χ4v) is 3.98. The predicted molar refractivity (Wildman–Crippen MR) is 97.7 cm³/mol. The van der Waals surface area contributed by atoms with Crippen molar-refractivity contribution in [2.75, 3.05) is 17.1 Å². The van der Waals surface area contributed by atoms with Gasteiger partial charge in [0, 0.05) is 12.6 Å². The lowest BCUT2D eigenvalue weighted by atomic mass is 10.3. The van der Waals surface area contributed by atoms with Crippen LogP contribution in [0.25, 0.3) is 0 Å². The van der Waals surface area contributed by atoms with Gasteiger partial charge < -0.3 is 10.1 Å². The minimum Gasteiger partial charge on any atom is -0.495 e. The van der Waals surface area contributed by atoms with Crippen LogP contribution >= 0.6 is 0 Å². The molecule has 0 aliphatic rings. The number of benzene rings is 2. The van der Waals surface area contributed by atoms with Crippen LogP contribution in [0.2, 0.25) is 0 Å². The van der Waals surface area contributed by atoms with Gasteiger partial charge in [0.15, 0.2) is 0 Å². The Morgan fingerprint density at radius 3 is 2.07 bits per heavy atom. The molecule has 0 aromatic heterocycles. The highest BCUT2D eigenvalue weighted by Crippen LogP contribution is 2.29. The molecule has 2 N–H and O–H groups in total. The largest absolute Gasteiger partial charge is 0.495 e. The molecule has 0 aliphatic carbocycles. The Labute approximate surface area is 160 Å². The lowest BCUT2D eigenvalue weighted by Gasteiger charge is -2.13. The molecule has 0 fully saturated rings. The number of alkyl halides is 2. The van der Waals surface area contributed by atoms with Gasteiger partial charge in [-0.25, -0.2) is 16.8 Å². The average Bonchev–Trinajstić information content (AvgIpc) is 2.61. The van der Waals surface area contributed by atoms with Crippen LogP contribution in [-0.4, -0.2) is 35.6 Å². The van der Waals surface area contributed by atoms with E-state index in [9.17, 15) is 30.4 Å². The molecule has 0 saturated heterocycles. The first kappa shape index (κ1) is 21.6. The Morgan fingerprint density at radius 2 is 1.57 bits per heavy atom. The molecule has 152 valence electrons. The Bertz CT molecular complexity index is 1080. The second kappa shape index (κ2) is 8.10. The summed E-state index contributed by atoms with van der Waals surface area (Å²) in [6.07, 6.45) is 0. The Balaban J connectivity index is 2.32. The molecule has 0 heterocycles. The van der Waals surface area contributed by atoms with E-state index in [0.29, 0.717) is 0 Å². The molecule has 2 aromatic rings. The number of sulfone groups is 1. The third-order valence-electron chi connectivity index (χ3n) is 3.46. The van der Waals surface area contributed by atoms with Gasteiger partial charge in [-0.15, -0.1) is 0 Å². The molecule has 0 unspecified atom stereocenters. The molecule has 12 heteroatoms. The summed E-state index contributed by atoms with van der Waals surface area (Å²) in [4.78, 5) is 10.4. The monoisotopic (exact) mass is 434 g/mol. The number of hydrogen-bond donors (Lipinski definition) is 2. The number of methoxy groups -OCH3 is 1. The number of rotatable bonds is 7. The molecule has 0 saturated carbocycles. The van der Waals surface area contributed by atoms with Crippen molar-refractivity contribution in [1.29, 1.82) is 0 Å². The number of anilines is 2. The number of carbonyl (C=O) groups is 1. The highest BCUT2D eigenvalue weighted by Gasteiger charge is 2.26. The van der Waals surface area contributed by atoms with Crippen molar-refractivity contribution in [2.24, 2.45) is 0 Å². The second-order valence-electron chi connectivity index (χ2n) is 5.48.